The summed E-state index contributed by atoms with van der Waals surface area (Å²) in [5.41, 5.74) is 3.41. The van der Waals surface area contributed by atoms with Gasteiger partial charge in [0, 0.05) is 43.8 Å². The molecule has 1 atom stereocenters. The van der Waals surface area contributed by atoms with E-state index in [1.807, 2.05) is 42.1 Å². The Hall–Kier alpha value is -2.64. The van der Waals surface area contributed by atoms with Crippen molar-refractivity contribution in [1.82, 2.24) is 14.2 Å². The van der Waals surface area contributed by atoms with Crippen LogP contribution in [0.25, 0.3) is 10.9 Å². The van der Waals surface area contributed by atoms with Gasteiger partial charge in [-0.05, 0) is 61.6 Å². The summed E-state index contributed by atoms with van der Waals surface area (Å²) in [5, 5.41) is 3.90. The number of nitrogens with zero attached hydrogens (tertiary/aromatic N) is 2. The van der Waals surface area contributed by atoms with Crippen molar-refractivity contribution in [2.75, 3.05) is 19.6 Å². The first-order valence-corrected chi connectivity index (χ1v) is 12.2. The van der Waals surface area contributed by atoms with Crippen LogP contribution < -0.4 is 5.32 Å². The van der Waals surface area contributed by atoms with Crippen LogP contribution in [0.4, 0.5) is 0 Å². The zero-order valence-corrected chi connectivity index (χ0v) is 18.9. The Morgan fingerprint density at radius 2 is 1.97 bits per heavy atom. The molecule has 31 heavy (non-hydrogen) atoms. The Labute approximate surface area is 183 Å². The molecule has 6 nitrogen and oxygen atoms in total. The second kappa shape index (κ2) is 8.85. The van der Waals surface area contributed by atoms with Crippen molar-refractivity contribution in [2.45, 2.75) is 31.1 Å². The molecule has 0 aliphatic carbocycles. The average molecular weight is 440 g/mol. The van der Waals surface area contributed by atoms with E-state index >= 15 is 0 Å². The molecule has 7 heteroatoms. The van der Waals surface area contributed by atoms with E-state index in [9.17, 15) is 13.2 Å². The summed E-state index contributed by atoms with van der Waals surface area (Å²) in [6.45, 7) is 3.29. The van der Waals surface area contributed by atoms with Gasteiger partial charge in [0.25, 0.3) is 0 Å². The molecule has 1 saturated heterocycles. The summed E-state index contributed by atoms with van der Waals surface area (Å²) in [6, 6.07) is 15.3. The van der Waals surface area contributed by atoms with Crippen molar-refractivity contribution < 1.29 is 13.2 Å². The maximum atomic E-state index is 13.2. The molecule has 3 aromatic rings. The van der Waals surface area contributed by atoms with Crippen molar-refractivity contribution >= 4 is 26.8 Å². The Balaban J connectivity index is 1.40. The first-order chi connectivity index (χ1) is 14.9. The third-order valence-corrected chi connectivity index (χ3v) is 8.07. The van der Waals surface area contributed by atoms with Crippen molar-refractivity contribution in [2.24, 2.45) is 13.0 Å². The number of piperidine rings is 1. The molecule has 1 aromatic heterocycles. The number of amides is 1. The van der Waals surface area contributed by atoms with Crippen LogP contribution in [-0.2, 0) is 28.3 Å². The standard InChI is InChI=1S/C24H29N3O3S/c1-18-6-3-4-7-19(18)11-13-25-24(28)21-8-5-14-27(17-21)31(29,30)22-9-10-23-20(16-22)12-15-26(23)2/h3-4,6-7,9-10,12,15-16,21H,5,8,11,13-14,17H2,1-2H3,(H,25,28)/t21-/m0/s1. The largest absolute Gasteiger partial charge is 0.355 e. The summed E-state index contributed by atoms with van der Waals surface area (Å²) < 4.78 is 29.9. The van der Waals surface area contributed by atoms with Crippen LogP contribution in [0.15, 0.2) is 59.6 Å². The number of carbonyl (C=O) groups excluding carboxylic acids is 1. The van der Waals surface area contributed by atoms with Crippen LogP contribution in [-0.4, -0.2) is 42.8 Å². The second-order valence-corrected chi connectivity index (χ2v) is 10.3. The Kier molecular flexibility index (Phi) is 6.16. The molecule has 0 saturated carbocycles. The van der Waals surface area contributed by atoms with Crippen molar-refractivity contribution in [1.29, 1.82) is 0 Å². The minimum absolute atomic E-state index is 0.0630. The van der Waals surface area contributed by atoms with Crippen LogP contribution in [0, 0.1) is 12.8 Å². The van der Waals surface area contributed by atoms with E-state index in [-0.39, 0.29) is 23.3 Å². The lowest BCUT2D eigenvalue weighted by molar-refractivity contribution is -0.126. The van der Waals surface area contributed by atoms with Gasteiger partial charge in [0.05, 0.1) is 10.8 Å². The highest BCUT2D eigenvalue weighted by Crippen LogP contribution is 2.26. The van der Waals surface area contributed by atoms with Gasteiger partial charge in [-0.3, -0.25) is 4.79 Å². The van der Waals surface area contributed by atoms with Crippen LogP contribution >= 0.6 is 0 Å². The van der Waals surface area contributed by atoms with Crippen molar-refractivity contribution in [3.8, 4) is 0 Å². The number of rotatable bonds is 6. The quantitative estimate of drug-likeness (QED) is 0.641. The summed E-state index contributed by atoms with van der Waals surface area (Å²) >= 11 is 0. The first-order valence-electron chi connectivity index (χ1n) is 10.7. The maximum Gasteiger partial charge on any atom is 0.243 e. The Morgan fingerprint density at radius 3 is 2.77 bits per heavy atom. The fourth-order valence-corrected chi connectivity index (χ4v) is 5.86. The Bertz CT molecular complexity index is 1200. The van der Waals surface area contributed by atoms with E-state index in [0.717, 1.165) is 17.3 Å². The van der Waals surface area contributed by atoms with Gasteiger partial charge in [0.2, 0.25) is 15.9 Å². The molecule has 0 spiro atoms. The van der Waals surface area contributed by atoms with E-state index in [4.69, 9.17) is 0 Å². The summed E-state index contributed by atoms with van der Waals surface area (Å²) in [5.74, 6) is -0.382. The minimum atomic E-state index is -3.64. The molecule has 1 aliphatic heterocycles. The van der Waals surface area contributed by atoms with Gasteiger partial charge >= 0.3 is 0 Å². The van der Waals surface area contributed by atoms with Crippen LogP contribution in [0.3, 0.4) is 0 Å². The predicted molar refractivity (Wildman–Crippen MR) is 122 cm³/mol. The molecule has 164 valence electrons. The normalized spacial score (nSPS) is 17.7. The van der Waals surface area contributed by atoms with E-state index in [2.05, 4.69) is 24.4 Å². The van der Waals surface area contributed by atoms with E-state index in [1.54, 1.807) is 12.1 Å². The molecule has 1 aliphatic rings. The fraction of sp³-hybridized carbons (Fsp3) is 0.375. The van der Waals surface area contributed by atoms with E-state index in [1.165, 1.54) is 15.4 Å². The SMILES string of the molecule is Cc1ccccc1CCNC(=O)[C@H]1CCCN(S(=O)(=O)c2ccc3c(ccn3C)c2)C1. The number of hydrogen-bond donors (Lipinski definition) is 1. The number of carbonyl (C=O) groups is 1. The molecule has 0 unspecified atom stereocenters. The van der Waals surface area contributed by atoms with Crippen molar-refractivity contribution in [3.05, 3.63) is 65.9 Å². The van der Waals surface area contributed by atoms with Gasteiger partial charge in [-0.25, -0.2) is 8.42 Å². The second-order valence-electron chi connectivity index (χ2n) is 8.32. The third kappa shape index (κ3) is 4.52. The Morgan fingerprint density at radius 1 is 1.16 bits per heavy atom. The van der Waals surface area contributed by atoms with Crippen LogP contribution in [0.2, 0.25) is 0 Å². The molecular weight excluding hydrogens is 410 g/mol. The number of hydrogen-bond acceptors (Lipinski definition) is 3. The molecule has 0 radical (unpaired) electrons. The van der Waals surface area contributed by atoms with Gasteiger partial charge in [-0.15, -0.1) is 0 Å². The highest BCUT2D eigenvalue weighted by atomic mass is 32.2. The fourth-order valence-electron chi connectivity index (χ4n) is 4.30. The van der Waals surface area contributed by atoms with Gasteiger partial charge in [0.1, 0.15) is 0 Å². The number of nitrogens with one attached hydrogen (secondary N) is 1. The zero-order chi connectivity index (χ0) is 22.0. The molecule has 2 heterocycles. The smallest absolute Gasteiger partial charge is 0.243 e. The maximum absolute atomic E-state index is 13.2. The number of aryl methyl sites for hydroxylation is 2. The third-order valence-electron chi connectivity index (χ3n) is 6.20. The van der Waals surface area contributed by atoms with Crippen LogP contribution in [0.5, 0.6) is 0 Å². The van der Waals surface area contributed by atoms with E-state index < -0.39 is 10.0 Å². The number of aromatic nitrogens is 1. The average Bonchev–Trinajstić information content (AvgIpc) is 3.15. The number of sulfonamides is 1. The van der Waals surface area contributed by atoms with Gasteiger partial charge in [-0.1, -0.05) is 24.3 Å². The molecule has 2 aromatic carbocycles. The van der Waals surface area contributed by atoms with Crippen LogP contribution in [0.1, 0.15) is 24.0 Å². The topological polar surface area (TPSA) is 71.4 Å². The lowest BCUT2D eigenvalue weighted by Gasteiger charge is -2.31. The van der Waals surface area contributed by atoms with Crippen molar-refractivity contribution in [3.63, 3.8) is 0 Å². The molecule has 1 fully saturated rings. The molecule has 4 rings (SSSR count). The minimum Gasteiger partial charge on any atom is -0.355 e. The summed E-state index contributed by atoms with van der Waals surface area (Å²) in [7, 11) is -1.70. The molecular formula is C24H29N3O3S. The van der Waals surface area contributed by atoms with Gasteiger partial charge < -0.3 is 9.88 Å². The number of benzene rings is 2. The summed E-state index contributed by atoms with van der Waals surface area (Å²) in [4.78, 5) is 13.0. The highest BCUT2D eigenvalue weighted by Gasteiger charge is 2.33. The summed E-state index contributed by atoms with van der Waals surface area (Å²) in [6.07, 6.45) is 4.08. The lowest BCUT2D eigenvalue weighted by Crippen LogP contribution is -2.45. The molecule has 1 N–H and O–H groups in total. The van der Waals surface area contributed by atoms with E-state index in [0.29, 0.717) is 25.9 Å². The molecule has 0 bridgehead atoms. The van der Waals surface area contributed by atoms with Gasteiger partial charge in [0.15, 0.2) is 0 Å². The monoisotopic (exact) mass is 439 g/mol. The lowest BCUT2D eigenvalue weighted by atomic mass is 9.98. The highest BCUT2D eigenvalue weighted by molar-refractivity contribution is 7.89. The zero-order valence-electron chi connectivity index (χ0n) is 18.0. The first kappa shape index (κ1) is 21.6. The van der Waals surface area contributed by atoms with Gasteiger partial charge in [-0.2, -0.15) is 4.31 Å². The molecule has 1 amide bonds. The number of fused-ring (bicyclic) bond motifs is 1. The predicted octanol–water partition coefficient (Wildman–Crippen LogP) is 3.25.